The highest BCUT2D eigenvalue weighted by Gasteiger charge is 2.43. The predicted molar refractivity (Wildman–Crippen MR) is 142 cm³/mol. The number of nitrogens with two attached hydrogens (primary N) is 2. The first kappa shape index (κ1) is 25.4. The van der Waals surface area contributed by atoms with Crippen LogP contribution in [0.2, 0.25) is 0 Å². The molecule has 0 saturated heterocycles. The Morgan fingerprint density at radius 2 is 1.89 bits per heavy atom. The number of tetrazole rings is 1. The van der Waals surface area contributed by atoms with E-state index in [1.165, 1.54) is 16.2 Å². The van der Waals surface area contributed by atoms with Crippen LogP contribution in [0.25, 0.3) is 11.4 Å². The molecule has 5 N–H and O–H groups in total. The van der Waals surface area contributed by atoms with Gasteiger partial charge in [-0.2, -0.15) is 5.21 Å². The van der Waals surface area contributed by atoms with Gasteiger partial charge in [-0.25, -0.2) is 4.79 Å². The van der Waals surface area contributed by atoms with Crippen LogP contribution in [0.3, 0.4) is 0 Å². The van der Waals surface area contributed by atoms with Crippen molar-refractivity contribution in [1.82, 2.24) is 20.6 Å². The van der Waals surface area contributed by atoms with Crippen LogP contribution in [0, 0.1) is 12.8 Å². The van der Waals surface area contributed by atoms with Crippen LogP contribution in [-0.2, 0) is 9.59 Å². The van der Waals surface area contributed by atoms with Crippen LogP contribution in [0.4, 0.5) is 16.2 Å². The Balaban J connectivity index is 1.64. The van der Waals surface area contributed by atoms with Gasteiger partial charge in [-0.15, -0.1) is 10.2 Å². The molecule has 1 saturated carbocycles. The number of rotatable bonds is 6. The smallest absolute Gasteiger partial charge is 0.320 e. The fourth-order valence-corrected chi connectivity index (χ4v) is 6.03. The van der Waals surface area contributed by atoms with Crippen LogP contribution in [0.5, 0.6) is 0 Å². The first-order valence-corrected chi connectivity index (χ1v) is 13.0. The number of nitrogens with zero attached hydrogens (tertiary/aromatic N) is 5. The highest BCUT2D eigenvalue weighted by Crippen LogP contribution is 2.46. The first-order chi connectivity index (χ1) is 18.3. The van der Waals surface area contributed by atoms with E-state index in [0.717, 1.165) is 36.8 Å². The van der Waals surface area contributed by atoms with E-state index >= 15 is 0 Å². The highest BCUT2D eigenvalue weighted by atomic mass is 16.2. The van der Waals surface area contributed by atoms with Crippen LogP contribution in [-0.4, -0.2) is 51.1 Å². The Hall–Kier alpha value is -4.28. The number of aromatic nitrogens is 4. The number of primary amides is 2. The van der Waals surface area contributed by atoms with E-state index in [9.17, 15) is 14.4 Å². The van der Waals surface area contributed by atoms with Gasteiger partial charge in [-0.05, 0) is 72.6 Å². The largest absolute Gasteiger partial charge is 0.368 e. The SMILES string of the molecule is Cc1ccc2c(c1)N(CC(N)=O)C(=O)C(N(C(N)=O)c1cccc(-c3nn[nH]n3)c1)CC2C1CCCCC1. The van der Waals surface area contributed by atoms with Crippen molar-refractivity contribution in [3.63, 3.8) is 0 Å². The Bertz CT molecular complexity index is 1340. The Morgan fingerprint density at radius 1 is 1.11 bits per heavy atom. The van der Waals surface area contributed by atoms with Crippen molar-refractivity contribution >= 4 is 29.2 Å². The standard InChI is InChI=1S/C27H32N8O3/c1-16-10-11-20-21(17-6-3-2-4-7-17)14-23(26(37)34(15-24(28)36)22(20)12-16)35(27(29)38)19-9-5-8-18(13-19)25-30-32-33-31-25/h5,8-13,17,21,23H,2-4,6-7,14-15H2,1H3,(H2,28,36)(H2,29,38)(H,30,31,32,33). The van der Waals surface area contributed by atoms with Gasteiger partial charge in [-0.1, -0.05) is 43.5 Å². The van der Waals surface area contributed by atoms with Gasteiger partial charge in [0.1, 0.15) is 12.6 Å². The molecule has 0 radical (unpaired) electrons. The number of aromatic amines is 1. The lowest BCUT2D eigenvalue weighted by Crippen LogP contribution is -2.54. The van der Waals surface area contributed by atoms with E-state index in [1.807, 2.05) is 19.1 Å². The van der Waals surface area contributed by atoms with Gasteiger partial charge in [0.25, 0.3) is 5.91 Å². The number of nitrogens with one attached hydrogen (secondary N) is 1. The molecule has 2 heterocycles. The molecule has 3 aromatic rings. The maximum Gasteiger partial charge on any atom is 0.320 e. The molecule has 2 unspecified atom stereocenters. The third-order valence-electron chi connectivity index (χ3n) is 7.71. The maximum atomic E-state index is 14.2. The van der Waals surface area contributed by atoms with Gasteiger partial charge >= 0.3 is 6.03 Å². The molecule has 1 aromatic heterocycles. The predicted octanol–water partition coefficient (Wildman–Crippen LogP) is 3.01. The van der Waals surface area contributed by atoms with Crippen molar-refractivity contribution in [2.75, 3.05) is 16.3 Å². The van der Waals surface area contributed by atoms with Crippen LogP contribution < -0.4 is 21.3 Å². The normalized spacial score (nSPS) is 20.0. The van der Waals surface area contributed by atoms with Gasteiger partial charge in [0.15, 0.2) is 0 Å². The minimum Gasteiger partial charge on any atom is -0.368 e. The average molecular weight is 517 g/mol. The number of anilines is 2. The molecule has 11 nitrogen and oxygen atoms in total. The summed E-state index contributed by atoms with van der Waals surface area (Å²) in [5.41, 5.74) is 15.3. The lowest BCUT2D eigenvalue weighted by Gasteiger charge is -2.35. The summed E-state index contributed by atoms with van der Waals surface area (Å²) in [6, 6.07) is 11.3. The summed E-state index contributed by atoms with van der Waals surface area (Å²) >= 11 is 0. The minimum atomic E-state index is -0.938. The molecule has 0 spiro atoms. The van der Waals surface area contributed by atoms with Crippen molar-refractivity contribution in [2.24, 2.45) is 17.4 Å². The van der Waals surface area contributed by atoms with Gasteiger partial charge in [-0.3, -0.25) is 14.5 Å². The zero-order valence-electron chi connectivity index (χ0n) is 21.3. The molecule has 2 atom stereocenters. The minimum absolute atomic E-state index is 0.0000312. The van der Waals surface area contributed by atoms with E-state index in [-0.39, 0.29) is 12.5 Å². The molecule has 0 bridgehead atoms. The van der Waals surface area contributed by atoms with E-state index < -0.39 is 23.9 Å². The van der Waals surface area contributed by atoms with Crippen molar-refractivity contribution < 1.29 is 14.4 Å². The monoisotopic (exact) mass is 516 g/mol. The number of fused-ring (bicyclic) bond motifs is 1. The fourth-order valence-electron chi connectivity index (χ4n) is 6.03. The highest BCUT2D eigenvalue weighted by molar-refractivity contribution is 6.08. The van der Waals surface area contributed by atoms with Crippen molar-refractivity contribution in [2.45, 2.75) is 57.4 Å². The second-order valence-corrected chi connectivity index (χ2v) is 10.2. The van der Waals surface area contributed by atoms with Crippen molar-refractivity contribution in [3.8, 4) is 11.4 Å². The summed E-state index contributed by atoms with van der Waals surface area (Å²) < 4.78 is 0. The topological polar surface area (TPSA) is 164 Å². The van der Waals surface area contributed by atoms with Crippen molar-refractivity contribution in [1.29, 1.82) is 0 Å². The van der Waals surface area contributed by atoms with Gasteiger partial charge in [0.2, 0.25) is 11.7 Å². The molecule has 2 aliphatic rings. The second kappa shape index (κ2) is 10.6. The number of aryl methyl sites for hydroxylation is 1. The summed E-state index contributed by atoms with van der Waals surface area (Å²) in [4.78, 5) is 42.2. The van der Waals surface area contributed by atoms with E-state index in [1.54, 1.807) is 24.3 Å². The van der Waals surface area contributed by atoms with E-state index in [4.69, 9.17) is 11.5 Å². The number of carbonyl (C=O) groups is 3. The zero-order valence-corrected chi connectivity index (χ0v) is 21.3. The molecule has 5 rings (SSSR count). The Kier molecular flexibility index (Phi) is 7.08. The Labute approximate surface area is 220 Å². The fraction of sp³-hybridized carbons (Fsp3) is 0.407. The first-order valence-electron chi connectivity index (χ1n) is 13.0. The molecule has 1 aliphatic heterocycles. The molecular weight excluding hydrogens is 484 g/mol. The summed E-state index contributed by atoms with van der Waals surface area (Å²) in [5.74, 6) is -0.334. The molecule has 1 fully saturated rings. The van der Waals surface area contributed by atoms with Gasteiger partial charge < -0.3 is 16.4 Å². The molecule has 198 valence electrons. The zero-order chi connectivity index (χ0) is 26.8. The van der Waals surface area contributed by atoms with Crippen LogP contribution in [0.15, 0.2) is 42.5 Å². The third-order valence-corrected chi connectivity index (χ3v) is 7.71. The number of hydrogen-bond acceptors (Lipinski definition) is 6. The summed E-state index contributed by atoms with van der Waals surface area (Å²) in [6.45, 7) is 1.66. The lowest BCUT2D eigenvalue weighted by atomic mass is 9.74. The Morgan fingerprint density at radius 3 is 2.58 bits per heavy atom. The second-order valence-electron chi connectivity index (χ2n) is 10.2. The summed E-state index contributed by atoms with van der Waals surface area (Å²) in [5, 5.41) is 14.1. The number of urea groups is 1. The number of H-pyrrole nitrogens is 1. The number of carbonyl (C=O) groups excluding carboxylic acids is 3. The van der Waals surface area contributed by atoms with Crippen LogP contribution >= 0.6 is 0 Å². The quantitative estimate of drug-likeness (QED) is 0.456. The van der Waals surface area contributed by atoms with E-state index in [2.05, 4.69) is 26.7 Å². The molecule has 1 aliphatic carbocycles. The lowest BCUT2D eigenvalue weighted by molar-refractivity contribution is -0.123. The van der Waals surface area contributed by atoms with Gasteiger partial charge in [0, 0.05) is 16.9 Å². The van der Waals surface area contributed by atoms with Crippen LogP contribution in [0.1, 0.15) is 55.6 Å². The number of amides is 4. The molecule has 11 heteroatoms. The third kappa shape index (κ3) is 4.96. The maximum absolute atomic E-state index is 14.2. The molecule has 4 amide bonds. The summed E-state index contributed by atoms with van der Waals surface area (Å²) in [6.07, 6.45) is 5.90. The summed E-state index contributed by atoms with van der Waals surface area (Å²) in [7, 11) is 0. The number of benzene rings is 2. The van der Waals surface area contributed by atoms with E-state index in [0.29, 0.717) is 35.1 Å². The number of hydrogen-bond donors (Lipinski definition) is 3. The van der Waals surface area contributed by atoms with Crippen molar-refractivity contribution in [3.05, 3.63) is 53.6 Å². The molecule has 2 aromatic carbocycles. The van der Waals surface area contributed by atoms with Gasteiger partial charge in [0.05, 0.1) is 0 Å². The molecular formula is C27H32N8O3. The average Bonchev–Trinajstić information content (AvgIpc) is 3.42. The molecule has 38 heavy (non-hydrogen) atoms.